The average Bonchev–Trinajstić information content (AvgIpc) is 3.22. The maximum absolute atomic E-state index is 13.0. The van der Waals surface area contributed by atoms with Gasteiger partial charge in [0.15, 0.2) is 0 Å². The number of hydrogen-bond acceptors (Lipinski definition) is 5. The van der Waals surface area contributed by atoms with Gasteiger partial charge in [0, 0.05) is 0 Å². The van der Waals surface area contributed by atoms with Crippen molar-refractivity contribution in [3.63, 3.8) is 0 Å². The van der Waals surface area contributed by atoms with E-state index in [2.05, 4.69) is 22.5 Å². The summed E-state index contributed by atoms with van der Waals surface area (Å²) in [6.07, 6.45) is 5.33. The van der Waals surface area contributed by atoms with Gasteiger partial charge in [0.1, 0.15) is 17.9 Å². The molecule has 0 bridgehead atoms. The number of aldehydes is 1. The Morgan fingerprint density at radius 1 is 1.21 bits per heavy atom. The number of nitrogens with one attached hydrogen (secondary N) is 3. The number of carbonyl (C=O) groups is 4. The molecule has 3 amide bonds. The summed E-state index contributed by atoms with van der Waals surface area (Å²) in [6.45, 7) is 7.68. The summed E-state index contributed by atoms with van der Waals surface area (Å²) in [6, 6.07) is 7.60. The van der Waals surface area contributed by atoms with E-state index in [0.29, 0.717) is 25.5 Å². The molecular weight excluding hydrogens is 420 g/mol. The zero-order valence-electron chi connectivity index (χ0n) is 19.8. The molecule has 0 aromatic heterocycles. The monoisotopic (exact) mass is 456 g/mol. The maximum atomic E-state index is 13.0. The summed E-state index contributed by atoms with van der Waals surface area (Å²) >= 11 is 0. The molecule has 0 radical (unpaired) electrons. The molecule has 1 aromatic rings. The number of hydrogen-bond donors (Lipinski definition) is 3. The molecule has 3 atom stereocenters. The van der Waals surface area contributed by atoms with Crippen molar-refractivity contribution in [1.29, 1.82) is 0 Å². The Balaban J connectivity index is 2.01. The van der Waals surface area contributed by atoms with Crippen LogP contribution in [0.1, 0.15) is 45.1 Å². The third-order valence-corrected chi connectivity index (χ3v) is 5.90. The molecule has 0 aliphatic carbocycles. The number of rotatable bonds is 12. The van der Waals surface area contributed by atoms with E-state index in [4.69, 9.17) is 0 Å². The van der Waals surface area contributed by atoms with Gasteiger partial charge in [-0.2, -0.15) is 0 Å². The second-order valence-electron chi connectivity index (χ2n) is 9.09. The highest BCUT2D eigenvalue weighted by molar-refractivity contribution is 5.95. The lowest BCUT2D eigenvalue weighted by Crippen LogP contribution is -2.61. The van der Waals surface area contributed by atoms with E-state index >= 15 is 0 Å². The second-order valence-corrected chi connectivity index (χ2v) is 9.09. The van der Waals surface area contributed by atoms with Gasteiger partial charge in [0.05, 0.1) is 12.1 Å². The largest absolute Gasteiger partial charge is 0.344 e. The van der Waals surface area contributed by atoms with Gasteiger partial charge in [-0.3, -0.25) is 19.3 Å². The lowest BCUT2D eigenvalue weighted by Gasteiger charge is -2.30. The fourth-order valence-corrected chi connectivity index (χ4v) is 3.86. The lowest BCUT2D eigenvalue weighted by molar-refractivity contribution is -0.136. The molecule has 33 heavy (non-hydrogen) atoms. The van der Waals surface area contributed by atoms with Crippen molar-refractivity contribution in [2.24, 2.45) is 0 Å². The van der Waals surface area contributed by atoms with Gasteiger partial charge >= 0.3 is 0 Å². The number of likely N-dealkylation sites (N-methyl/N-ethyl adjacent to an activating group) is 1. The molecule has 1 fully saturated rings. The molecular formula is C25H36N4O4. The molecule has 1 aliphatic rings. The summed E-state index contributed by atoms with van der Waals surface area (Å²) in [5.41, 5.74) is -0.364. The van der Waals surface area contributed by atoms with Crippen molar-refractivity contribution in [2.75, 3.05) is 13.6 Å². The first-order valence-electron chi connectivity index (χ1n) is 11.4. The molecule has 1 heterocycles. The van der Waals surface area contributed by atoms with E-state index in [0.717, 1.165) is 24.9 Å². The third-order valence-electron chi connectivity index (χ3n) is 5.90. The Morgan fingerprint density at radius 2 is 1.91 bits per heavy atom. The van der Waals surface area contributed by atoms with Crippen molar-refractivity contribution in [3.8, 4) is 0 Å². The van der Waals surface area contributed by atoms with Gasteiger partial charge in [-0.1, -0.05) is 36.4 Å². The van der Waals surface area contributed by atoms with Crippen molar-refractivity contribution in [1.82, 2.24) is 20.9 Å². The molecule has 8 nitrogen and oxygen atoms in total. The summed E-state index contributed by atoms with van der Waals surface area (Å²) in [5, 5.41) is 8.28. The van der Waals surface area contributed by atoms with Crippen LogP contribution in [-0.4, -0.2) is 66.2 Å². The van der Waals surface area contributed by atoms with Crippen LogP contribution in [0.5, 0.6) is 0 Å². The van der Waals surface area contributed by atoms with E-state index in [1.807, 2.05) is 42.3 Å². The normalized spacial score (nSPS) is 18.1. The highest BCUT2D eigenvalue weighted by atomic mass is 16.2. The van der Waals surface area contributed by atoms with Gasteiger partial charge in [0.25, 0.3) is 0 Å². The standard InChI is InChI=1S/C25H36N4O4/c1-5-6-13-20(27-23(32)21-14-10-15-29(21)4)22(31)28-25(2,3)24(33)26-19(17-30)16-18-11-8-7-9-12-18/h5,7-9,11-12,17,19-21H,1,6,10,13-16H2,2-4H3,(H,26,33)(H,27,32)(H,28,31)/t19-,20-,21?/m0/s1. The van der Waals surface area contributed by atoms with Crippen LogP contribution in [0.4, 0.5) is 0 Å². The van der Waals surface area contributed by atoms with Gasteiger partial charge in [-0.15, -0.1) is 6.58 Å². The Hall–Kier alpha value is -3.00. The minimum absolute atomic E-state index is 0.189. The van der Waals surface area contributed by atoms with E-state index in [1.165, 1.54) is 0 Å². The van der Waals surface area contributed by atoms with E-state index in [-0.39, 0.29) is 11.9 Å². The zero-order chi connectivity index (χ0) is 24.4. The van der Waals surface area contributed by atoms with Crippen LogP contribution in [0.25, 0.3) is 0 Å². The molecule has 8 heteroatoms. The van der Waals surface area contributed by atoms with Crippen LogP contribution in [-0.2, 0) is 25.6 Å². The minimum Gasteiger partial charge on any atom is -0.344 e. The van der Waals surface area contributed by atoms with Crippen molar-refractivity contribution in [3.05, 3.63) is 48.6 Å². The van der Waals surface area contributed by atoms with Gasteiger partial charge in [-0.25, -0.2) is 0 Å². The van der Waals surface area contributed by atoms with Crippen LogP contribution in [0, 0.1) is 0 Å². The topological polar surface area (TPSA) is 108 Å². The van der Waals surface area contributed by atoms with Gasteiger partial charge < -0.3 is 20.7 Å². The van der Waals surface area contributed by atoms with Crippen LogP contribution in [0.15, 0.2) is 43.0 Å². The second kappa shape index (κ2) is 12.3. The summed E-state index contributed by atoms with van der Waals surface area (Å²) in [5.74, 6) is -1.12. The highest BCUT2D eigenvalue weighted by Crippen LogP contribution is 2.15. The Morgan fingerprint density at radius 3 is 2.48 bits per heavy atom. The highest BCUT2D eigenvalue weighted by Gasteiger charge is 2.35. The number of allylic oxidation sites excluding steroid dienone is 1. The predicted molar refractivity (Wildman–Crippen MR) is 127 cm³/mol. The first-order chi connectivity index (χ1) is 15.7. The molecule has 1 saturated heterocycles. The summed E-state index contributed by atoms with van der Waals surface area (Å²) in [7, 11) is 1.89. The van der Waals surface area contributed by atoms with Crippen LogP contribution >= 0.6 is 0 Å². The fraction of sp³-hybridized carbons (Fsp3) is 0.520. The first kappa shape index (κ1) is 26.3. The van der Waals surface area contributed by atoms with Crippen LogP contribution in [0.3, 0.4) is 0 Å². The number of nitrogens with zero attached hydrogens (tertiary/aromatic N) is 1. The summed E-state index contributed by atoms with van der Waals surface area (Å²) < 4.78 is 0. The van der Waals surface area contributed by atoms with Crippen molar-refractivity contribution in [2.45, 2.75) is 69.6 Å². The maximum Gasteiger partial charge on any atom is 0.245 e. The minimum atomic E-state index is -1.28. The molecule has 0 saturated carbocycles. The summed E-state index contributed by atoms with van der Waals surface area (Å²) in [4.78, 5) is 52.1. The zero-order valence-corrected chi connectivity index (χ0v) is 19.8. The van der Waals surface area contributed by atoms with Gasteiger partial charge in [0.2, 0.25) is 17.7 Å². The number of likely N-dealkylation sites (tertiary alicyclic amines) is 1. The molecule has 3 N–H and O–H groups in total. The van der Waals surface area contributed by atoms with Crippen LogP contribution in [0.2, 0.25) is 0 Å². The van der Waals surface area contributed by atoms with Crippen molar-refractivity contribution >= 4 is 24.0 Å². The fourth-order valence-electron chi connectivity index (χ4n) is 3.86. The van der Waals surface area contributed by atoms with Crippen molar-refractivity contribution < 1.29 is 19.2 Å². The van der Waals surface area contributed by atoms with Crippen LogP contribution < -0.4 is 16.0 Å². The lowest BCUT2D eigenvalue weighted by atomic mass is 10.0. The predicted octanol–water partition coefficient (Wildman–Crippen LogP) is 1.35. The molecule has 180 valence electrons. The van der Waals surface area contributed by atoms with E-state index in [1.54, 1.807) is 19.9 Å². The number of benzene rings is 1. The molecule has 1 aliphatic heterocycles. The SMILES string of the molecule is C=CCC[C@H](NC(=O)C1CCCN1C)C(=O)NC(C)(C)C(=O)N[C@H](C=O)Cc1ccccc1. The first-order valence-corrected chi connectivity index (χ1v) is 11.4. The van der Waals surface area contributed by atoms with E-state index in [9.17, 15) is 19.2 Å². The molecule has 0 spiro atoms. The van der Waals surface area contributed by atoms with Gasteiger partial charge in [-0.05, 0) is 65.1 Å². The van der Waals surface area contributed by atoms with E-state index < -0.39 is 29.4 Å². The number of amides is 3. The molecule has 2 rings (SSSR count). The Bertz CT molecular complexity index is 840. The number of carbonyl (C=O) groups excluding carboxylic acids is 4. The quantitative estimate of drug-likeness (QED) is 0.325. The molecule has 1 aromatic carbocycles. The molecule has 1 unspecified atom stereocenters. The third kappa shape index (κ3) is 7.82. The smallest absolute Gasteiger partial charge is 0.245 e. The average molecular weight is 457 g/mol. The Labute approximate surface area is 196 Å². The Kier molecular flexibility index (Phi) is 9.78.